The molecule has 0 unspecified atom stereocenters. The van der Waals surface area contributed by atoms with Gasteiger partial charge in [-0.2, -0.15) is 0 Å². The topological polar surface area (TPSA) is 131 Å². The van der Waals surface area contributed by atoms with E-state index in [1.807, 2.05) is 0 Å². The second kappa shape index (κ2) is 8.90. The number of amides is 2. The van der Waals surface area contributed by atoms with Gasteiger partial charge < -0.3 is 5.32 Å². The van der Waals surface area contributed by atoms with Gasteiger partial charge in [0.1, 0.15) is 9.90 Å². The van der Waals surface area contributed by atoms with Crippen molar-refractivity contribution in [3.05, 3.63) is 54.6 Å². The number of sulfone groups is 1. The van der Waals surface area contributed by atoms with E-state index in [9.17, 15) is 18.0 Å². The van der Waals surface area contributed by atoms with Crippen LogP contribution in [-0.4, -0.2) is 35.2 Å². The van der Waals surface area contributed by atoms with Crippen LogP contribution in [-0.2, 0) is 9.84 Å². The molecule has 0 atom stereocenters. The average Bonchev–Trinajstić information content (AvgIpc) is 3.47. The highest BCUT2D eigenvalue weighted by Crippen LogP contribution is 2.30. The Hall–Kier alpha value is -3.18. The molecule has 11 heteroatoms. The van der Waals surface area contributed by atoms with Gasteiger partial charge in [-0.25, -0.2) is 23.2 Å². The van der Waals surface area contributed by atoms with E-state index in [-0.39, 0.29) is 31.8 Å². The average molecular weight is 458 g/mol. The summed E-state index contributed by atoms with van der Waals surface area (Å²) in [7, 11) is -3.82. The molecular formula is C20H19N5O4S2. The number of nitrogens with zero attached hydrogens (tertiary/aromatic N) is 3. The lowest BCUT2D eigenvalue weighted by Crippen LogP contribution is -2.22. The summed E-state index contributed by atoms with van der Waals surface area (Å²) in [4.78, 5) is 37.2. The molecule has 0 aliphatic heterocycles. The van der Waals surface area contributed by atoms with Crippen LogP contribution in [0.5, 0.6) is 0 Å². The molecule has 0 bridgehead atoms. The van der Waals surface area contributed by atoms with Crippen molar-refractivity contribution in [3.8, 4) is 0 Å². The van der Waals surface area contributed by atoms with Crippen LogP contribution in [0, 0.1) is 5.92 Å². The number of hydrogen-bond acceptors (Lipinski definition) is 8. The summed E-state index contributed by atoms with van der Waals surface area (Å²) in [5, 5.41) is 5.12. The van der Waals surface area contributed by atoms with Crippen molar-refractivity contribution in [1.82, 2.24) is 15.0 Å². The number of anilines is 2. The predicted molar refractivity (Wildman–Crippen MR) is 115 cm³/mol. The maximum atomic E-state index is 12.7. The lowest BCUT2D eigenvalue weighted by molar-refractivity contribution is 0.0918. The molecule has 0 aromatic carbocycles. The lowest BCUT2D eigenvalue weighted by atomic mass is 9.99. The van der Waals surface area contributed by atoms with Gasteiger partial charge in [-0.05, 0) is 37.1 Å². The number of ketones is 1. The fraction of sp³-hybridized carbons (Fsp3) is 0.250. The first-order valence-electron chi connectivity index (χ1n) is 9.64. The van der Waals surface area contributed by atoms with Crippen molar-refractivity contribution < 1.29 is 18.0 Å². The number of carbonyl (C=O) groups excluding carboxylic acids is 2. The predicted octanol–water partition coefficient (Wildman–Crippen LogP) is 3.78. The first-order chi connectivity index (χ1) is 14.9. The van der Waals surface area contributed by atoms with E-state index in [0.29, 0.717) is 5.69 Å². The molecule has 3 aromatic rings. The van der Waals surface area contributed by atoms with Gasteiger partial charge in [0.15, 0.2) is 15.9 Å². The summed E-state index contributed by atoms with van der Waals surface area (Å²) < 4.78 is 25.2. The summed E-state index contributed by atoms with van der Waals surface area (Å²) in [6.07, 6.45) is 7.76. The van der Waals surface area contributed by atoms with E-state index < -0.39 is 15.9 Å². The van der Waals surface area contributed by atoms with Crippen molar-refractivity contribution >= 4 is 43.8 Å². The van der Waals surface area contributed by atoms with Gasteiger partial charge in [0, 0.05) is 18.3 Å². The highest BCUT2D eigenvalue weighted by molar-refractivity contribution is 7.93. The Kier molecular flexibility index (Phi) is 6.05. The van der Waals surface area contributed by atoms with Crippen molar-refractivity contribution in [2.45, 2.75) is 34.9 Å². The molecule has 9 nitrogen and oxygen atoms in total. The summed E-state index contributed by atoms with van der Waals surface area (Å²) >= 11 is 0.811. The smallest absolute Gasteiger partial charge is 0.305 e. The van der Waals surface area contributed by atoms with Crippen molar-refractivity contribution in [3.63, 3.8) is 0 Å². The van der Waals surface area contributed by atoms with Crippen LogP contribution in [0.4, 0.5) is 15.6 Å². The number of Topliss-reactive ketones (excluding diaryl/α,β-unsaturated/α-hetero) is 1. The minimum Gasteiger partial charge on any atom is -0.305 e. The van der Waals surface area contributed by atoms with Crippen molar-refractivity contribution in [1.29, 1.82) is 0 Å². The standard InChI is InChI=1S/C20H19N5O4S2/c26-18(13-6-1-2-7-13)17-14(8-5-11-22-17)24-19(27)25-20-23-12-16(30-20)31(28,29)15-9-3-4-10-21-15/h3-5,8-13H,1-2,6-7H2,(H2,23,24,25,27). The number of carbonyl (C=O) groups is 2. The molecule has 4 rings (SSSR count). The molecule has 1 aliphatic rings. The minimum absolute atomic E-state index is 0.0417. The second-order valence-electron chi connectivity index (χ2n) is 6.98. The molecule has 1 aliphatic carbocycles. The SMILES string of the molecule is O=C(Nc1ncc(S(=O)(=O)c2ccccn2)s1)Nc1cccnc1C(=O)C1CCCC1. The van der Waals surface area contributed by atoms with Crippen LogP contribution >= 0.6 is 11.3 Å². The second-order valence-corrected chi connectivity index (χ2v) is 10.1. The number of pyridine rings is 2. The summed E-state index contributed by atoms with van der Waals surface area (Å²) in [5.74, 6) is -0.150. The van der Waals surface area contributed by atoms with Gasteiger partial charge in [0.25, 0.3) is 0 Å². The number of hydrogen-bond donors (Lipinski definition) is 2. The van der Waals surface area contributed by atoms with Crippen molar-refractivity contribution in [2.75, 3.05) is 10.6 Å². The Labute approximate surface area is 182 Å². The number of aromatic nitrogens is 3. The first-order valence-corrected chi connectivity index (χ1v) is 11.9. The largest absolute Gasteiger partial charge is 0.325 e. The number of thiazole rings is 1. The van der Waals surface area contributed by atoms with E-state index >= 15 is 0 Å². The Morgan fingerprint density at radius 2 is 1.74 bits per heavy atom. The normalized spacial score (nSPS) is 14.3. The van der Waals surface area contributed by atoms with Crippen LogP contribution in [0.3, 0.4) is 0 Å². The summed E-state index contributed by atoms with van der Waals surface area (Å²) in [6, 6.07) is 7.17. The third kappa shape index (κ3) is 4.62. The molecule has 0 spiro atoms. The van der Waals surface area contributed by atoms with E-state index in [0.717, 1.165) is 37.0 Å². The van der Waals surface area contributed by atoms with Crippen molar-refractivity contribution in [2.24, 2.45) is 5.92 Å². The molecule has 1 fully saturated rings. The van der Waals surface area contributed by atoms with Gasteiger partial charge in [0.05, 0.1) is 11.9 Å². The summed E-state index contributed by atoms with van der Waals surface area (Å²) in [6.45, 7) is 0. The van der Waals surface area contributed by atoms with Crippen LogP contribution in [0.15, 0.2) is 58.2 Å². The summed E-state index contributed by atoms with van der Waals surface area (Å²) in [5.41, 5.74) is 0.525. The van der Waals surface area contributed by atoms with Crippen LogP contribution in [0.25, 0.3) is 0 Å². The minimum atomic E-state index is -3.82. The molecule has 31 heavy (non-hydrogen) atoms. The maximum absolute atomic E-state index is 12.7. The zero-order chi connectivity index (χ0) is 21.8. The zero-order valence-electron chi connectivity index (χ0n) is 16.3. The number of nitrogens with one attached hydrogen (secondary N) is 2. The van der Waals surface area contributed by atoms with E-state index in [1.54, 1.807) is 24.3 Å². The molecule has 1 saturated carbocycles. The van der Waals surface area contributed by atoms with Gasteiger partial charge in [-0.1, -0.05) is 30.2 Å². The lowest BCUT2D eigenvalue weighted by Gasteiger charge is -2.12. The monoisotopic (exact) mass is 457 g/mol. The number of rotatable bonds is 6. The molecule has 160 valence electrons. The van der Waals surface area contributed by atoms with Crippen LogP contribution in [0.1, 0.15) is 36.2 Å². The third-order valence-corrected chi connectivity index (χ3v) is 7.94. The van der Waals surface area contributed by atoms with Crippen LogP contribution < -0.4 is 10.6 Å². The van der Waals surface area contributed by atoms with Gasteiger partial charge >= 0.3 is 6.03 Å². The molecule has 0 saturated heterocycles. The fourth-order valence-corrected chi connectivity index (χ4v) is 5.72. The van der Waals surface area contributed by atoms with Gasteiger partial charge in [0.2, 0.25) is 9.84 Å². The van der Waals surface area contributed by atoms with E-state index in [1.165, 1.54) is 24.7 Å². The Bertz CT molecular complexity index is 1210. The molecule has 2 N–H and O–H groups in total. The third-order valence-electron chi connectivity index (χ3n) is 4.90. The van der Waals surface area contributed by atoms with E-state index in [4.69, 9.17) is 0 Å². The maximum Gasteiger partial charge on any atom is 0.325 e. The molecule has 0 radical (unpaired) electrons. The Balaban J connectivity index is 1.47. The molecule has 3 heterocycles. The Morgan fingerprint density at radius 1 is 0.968 bits per heavy atom. The number of urea groups is 1. The highest BCUT2D eigenvalue weighted by atomic mass is 32.2. The van der Waals surface area contributed by atoms with Crippen LogP contribution in [0.2, 0.25) is 0 Å². The molecule has 2 amide bonds. The first kappa shape index (κ1) is 21.1. The highest BCUT2D eigenvalue weighted by Gasteiger charge is 2.27. The quantitative estimate of drug-likeness (QED) is 0.539. The van der Waals surface area contributed by atoms with Gasteiger partial charge in [-0.3, -0.25) is 15.1 Å². The fourth-order valence-electron chi connectivity index (χ4n) is 3.39. The zero-order valence-corrected chi connectivity index (χ0v) is 17.9. The van der Waals surface area contributed by atoms with E-state index in [2.05, 4.69) is 25.6 Å². The molecule has 3 aromatic heterocycles. The Morgan fingerprint density at radius 3 is 2.48 bits per heavy atom. The van der Waals surface area contributed by atoms with Gasteiger partial charge in [-0.15, -0.1) is 0 Å². The molecular weight excluding hydrogens is 438 g/mol.